The number of hydrogen-bond donors (Lipinski definition) is 3. The van der Waals surface area contributed by atoms with Crippen molar-refractivity contribution in [1.29, 1.82) is 0 Å². The molecule has 0 radical (unpaired) electrons. The van der Waals surface area contributed by atoms with Crippen molar-refractivity contribution in [2.24, 2.45) is 11.7 Å². The molecule has 1 aromatic carbocycles. The summed E-state index contributed by atoms with van der Waals surface area (Å²) in [5.74, 6) is -0.0213. The van der Waals surface area contributed by atoms with Crippen LogP contribution in [0.15, 0.2) is 24.3 Å². The zero-order valence-corrected chi connectivity index (χ0v) is 13.2. The lowest BCUT2D eigenvalue weighted by atomic mass is 10.0. The molecule has 116 valence electrons. The Bertz CT molecular complexity index is 504. The number of para-hydroxylation sites is 1. The van der Waals surface area contributed by atoms with E-state index in [0.717, 1.165) is 0 Å². The van der Waals surface area contributed by atoms with Crippen LogP contribution in [0.3, 0.4) is 0 Å². The van der Waals surface area contributed by atoms with Gasteiger partial charge >= 0.3 is 0 Å². The maximum absolute atomic E-state index is 12.1. The largest absolute Gasteiger partial charge is 0.352 e. The average Bonchev–Trinajstić information content (AvgIpc) is 2.34. The van der Waals surface area contributed by atoms with Crippen LogP contribution >= 0.6 is 0 Å². The van der Waals surface area contributed by atoms with Gasteiger partial charge in [-0.1, -0.05) is 26.0 Å². The summed E-state index contributed by atoms with van der Waals surface area (Å²) in [6, 6.07) is 6.96. The Kier molecular flexibility index (Phi) is 5.90. The molecule has 1 aromatic rings. The number of nitrogens with two attached hydrogens (primary N) is 1. The second-order valence-electron chi connectivity index (χ2n) is 6.36. The third kappa shape index (κ3) is 6.40. The maximum Gasteiger partial charge on any atom is 0.253 e. The predicted molar refractivity (Wildman–Crippen MR) is 85.1 cm³/mol. The molecule has 2 amide bonds. The van der Waals surface area contributed by atoms with Gasteiger partial charge in [0.25, 0.3) is 5.91 Å². The molecule has 0 fully saturated rings. The van der Waals surface area contributed by atoms with Gasteiger partial charge < -0.3 is 16.4 Å². The van der Waals surface area contributed by atoms with Crippen LogP contribution < -0.4 is 16.4 Å². The number of hydrogen-bond acceptors (Lipinski definition) is 3. The Balaban J connectivity index is 2.80. The molecule has 0 saturated carbocycles. The van der Waals surface area contributed by atoms with E-state index in [2.05, 4.69) is 10.6 Å². The van der Waals surface area contributed by atoms with E-state index in [4.69, 9.17) is 5.73 Å². The molecular weight excluding hydrogens is 266 g/mol. The van der Waals surface area contributed by atoms with Gasteiger partial charge in [0.2, 0.25) is 5.91 Å². The van der Waals surface area contributed by atoms with Crippen molar-refractivity contribution in [3.63, 3.8) is 0 Å². The Morgan fingerprint density at radius 1 is 1.24 bits per heavy atom. The summed E-state index contributed by atoms with van der Waals surface area (Å²) in [4.78, 5) is 24.1. The zero-order valence-electron chi connectivity index (χ0n) is 13.2. The molecule has 0 bridgehead atoms. The SMILES string of the molecule is CC(C)CNC(=O)c1ccccc1NC(=O)CC(C)(C)N. The fraction of sp³-hybridized carbons (Fsp3) is 0.500. The first-order valence-electron chi connectivity index (χ1n) is 7.15. The van der Waals surface area contributed by atoms with Crippen LogP contribution in [0.5, 0.6) is 0 Å². The van der Waals surface area contributed by atoms with Gasteiger partial charge in [-0.3, -0.25) is 9.59 Å². The molecule has 21 heavy (non-hydrogen) atoms. The molecule has 0 saturated heterocycles. The standard InChI is InChI=1S/C16H25N3O2/c1-11(2)10-18-15(21)12-7-5-6-8-13(12)19-14(20)9-16(3,4)17/h5-8,11H,9-10,17H2,1-4H3,(H,18,21)(H,19,20). The summed E-state index contributed by atoms with van der Waals surface area (Å²) < 4.78 is 0. The van der Waals surface area contributed by atoms with E-state index < -0.39 is 5.54 Å². The summed E-state index contributed by atoms with van der Waals surface area (Å²) in [5, 5.41) is 5.60. The Labute approximate surface area is 126 Å². The fourth-order valence-corrected chi connectivity index (χ4v) is 1.79. The van der Waals surface area contributed by atoms with E-state index in [1.807, 2.05) is 13.8 Å². The Morgan fingerprint density at radius 2 is 1.86 bits per heavy atom. The van der Waals surface area contributed by atoms with Gasteiger partial charge in [-0.25, -0.2) is 0 Å². The molecule has 0 atom stereocenters. The number of benzene rings is 1. The Morgan fingerprint density at radius 3 is 2.43 bits per heavy atom. The van der Waals surface area contributed by atoms with Crippen LogP contribution in [-0.2, 0) is 4.79 Å². The highest BCUT2D eigenvalue weighted by molar-refractivity contribution is 6.03. The van der Waals surface area contributed by atoms with Crippen LogP contribution in [0.2, 0.25) is 0 Å². The van der Waals surface area contributed by atoms with Gasteiger partial charge in [0.1, 0.15) is 0 Å². The average molecular weight is 291 g/mol. The smallest absolute Gasteiger partial charge is 0.253 e. The van der Waals surface area contributed by atoms with E-state index in [1.54, 1.807) is 38.1 Å². The van der Waals surface area contributed by atoms with Crippen molar-refractivity contribution >= 4 is 17.5 Å². The van der Waals surface area contributed by atoms with Crippen LogP contribution in [0.4, 0.5) is 5.69 Å². The minimum Gasteiger partial charge on any atom is -0.352 e. The third-order valence-electron chi connectivity index (χ3n) is 2.73. The molecule has 5 nitrogen and oxygen atoms in total. The lowest BCUT2D eigenvalue weighted by molar-refractivity contribution is -0.117. The first kappa shape index (κ1) is 17.2. The summed E-state index contributed by atoms with van der Waals surface area (Å²) in [6.45, 7) is 8.22. The number of anilines is 1. The van der Waals surface area contributed by atoms with Crippen LogP contribution in [-0.4, -0.2) is 23.9 Å². The molecule has 0 heterocycles. The third-order valence-corrected chi connectivity index (χ3v) is 2.73. The van der Waals surface area contributed by atoms with Crippen LogP contribution in [0.1, 0.15) is 44.5 Å². The topological polar surface area (TPSA) is 84.2 Å². The number of carbonyl (C=O) groups is 2. The first-order valence-corrected chi connectivity index (χ1v) is 7.15. The van der Waals surface area contributed by atoms with E-state index in [1.165, 1.54) is 0 Å². The first-order chi connectivity index (χ1) is 9.69. The summed E-state index contributed by atoms with van der Waals surface area (Å²) in [7, 11) is 0. The number of carbonyl (C=O) groups excluding carboxylic acids is 2. The second kappa shape index (κ2) is 7.22. The van der Waals surface area contributed by atoms with Gasteiger partial charge in [-0.2, -0.15) is 0 Å². The van der Waals surface area contributed by atoms with E-state index in [9.17, 15) is 9.59 Å². The van der Waals surface area contributed by atoms with Crippen molar-refractivity contribution in [2.75, 3.05) is 11.9 Å². The van der Waals surface area contributed by atoms with E-state index in [0.29, 0.717) is 23.7 Å². The summed E-state index contributed by atoms with van der Waals surface area (Å²) >= 11 is 0. The fourth-order valence-electron chi connectivity index (χ4n) is 1.79. The molecule has 1 rings (SSSR count). The molecule has 4 N–H and O–H groups in total. The van der Waals surface area contributed by atoms with Gasteiger partial charge in [0, 0.05) is 18.5 Å². The van der Waals surface area contributed by atoms with Gasteiger partial charge in [0.15, 0.2) is 0 Å². The van der Waals surface area contributed by atoms with Gasteiger partial charge in [-0.05, 0) is 31.9 Å². The minimum absolute atomic E-state index is 0.188. The summed E-state index contributed by atoms with van der Waals surface area (Å²) in [6.07, 6.45) is 0.189. The normalized spacial score (nSPS) is 11.3. The number of nitrogens with one attached hydrogen (secondary N) is 2. The molecule has 0 aliphatic rings. The highest BCUT2D eigenvalue weighted by atomic mass is 16.2. The Hall–Kier alpha value is -1.88. The van der Waals surface area contributed by atoms with Gasteiger partial charge in [-0.15, -0.1) is 0 Å². The van der Waals surface area contributed by atoms with E-state index in [-0.39, 0.29) is 18.2 Å². The van der Waals surface area contributed by atoms with Crippen LogP contribution in [0.25, 0.3) is 0 Å². The monoisotopic (exact) mass is 291 g/mol. The molecule has 0 aliphatic carbocycles. The molecule has 0 aliphatic heterocycles. The van der Waals surface area contributed by atoms with Gasteiger partial charge in [0.05, 0.1) is 11.3 Å². The minimum atomic E-state index is -0.584. The van der Waals surface area contributed by atoms with Crippen molar-refractivity contribution in [3.05, 3.63) is 29.8 Å². The second-order valence-corrected chi connectivity index (χ2v) is 6.36. The lowest BCUT2D eigenvalue weighted by Crippen LogP contribution is -2.37. The quantitative estimate of drug-likeness (QED) is 0.750. The highest BCUT2D eigenvalue weighted by Crippen LogP contribution is 2.16. The zero-order chi connectivity index (χ0) is 16.0. The maximum atomic E-state index is 12.1. The lowest BCUT2D eigenvalue weighted by Gasteiger charge is -2.18. The van der Waals surface area contributed by atoms with Crippen molar-refractivity contribution in [2.45, 2.75) is 39.7 Å². The predicted octanol–water partition coefficient (Wildman–Crippen LogP) is 2.14. The molecular formula is C16H25N3O2. The van der Waals surface area contributed by atoms with Crippen molar-refractivity contribution < 1.29 is 9.59 Å². The number of rotatable bonds is 6. The highest BCUT2D eigenvalue weighted by Gasteiger charge is 2.18. The molecule has 0 aromatic heterocycles. The number of amides is 2. The molecule has 0 unspecified atom stereocenters. The van der Waals surface area contributed by atoms with Crippen LogP contribution in [0, 0.1) is 5.92 Å². The summed E-state index contributed by atoms with van der Waals surface area (Å²) in [5.41, 5.74) is 6.21. The molecule has 0 spiro atoms. The van der Waals surface area contributed by atoms with E-state index >= 15 is 0 Å². The van der Waals surface area contributed by atoms with Crippen molar-refractivity contribution in [1.82, 2.24) is 5.32 Å². The molecule has 5 heteroatoms. The van der Waals surface area contributed by atoms with Crippen molar-refractivity contribution in [3.8, 4) is 0 Å².